The summed E-state index contributed by atoms with van der Waals surface area (Å²) in [4.78, 5) is 23.1. The maximum Gasteiger partial charge on any atom is 0.242 e. The molecule has 1 aromatic rings. The SMILES string of the molecule is C[C@@H](COc1ccc(C(C)(C)C)cc1)NC(=O)[C@@H]1CCC(=O)N1. The highest BCUT2D eigenvalue weighted by Crippen LogP contribution is 2.24. The van der Waals surface area contributed by atoms with Crippen LogP contribution >= 0.6 is 0 Å². The second-order valence-electron chi connectivity index (χ2n) is 7.15. The van der Waals surface area contributed by atoms with E-state index < -0.39 is 6.04 Å². The molecule has 0 aromatic heterocycles. The lowest BCUT2D eigenvalue weighted by atomic mass is 9.87. The van der Waals surface area contributed by atoms with Crippen LogP contribution in [0.25, 0.3) is 0 Å². The fourth-order valence-corrected chi connectivity index (χ4v) is 2.47. The van der Waals surface area contributed by atoms with Gasteiger partial charge in [0.25, 0.3) is 0 Å². The predicted octanol–water partition coefficient (Wildman–Crippen LogP) is 2.15. The Morgan fingerprint density at radius 2 is 2.00 bits per heavy atom. The molecule has 23 heavy (non-hydrogen) atoms. The first-order chi connectivity index (χ1) is 10.8. The van der Waals surface area contributed by atoms with Gasteiger partial charge in [-0.2, -0.15) is 0 Å². The van der Waals surface area contributed by atoms with Crippen LogP contribution in [0.15, 0.2) is 24.3 Å². The molecule has 2 rings (SSSR count). The molecule has 0 unspecified atom stereocenters. The molecule has 5 heteroatoms. The molecule has 0 radical (unpaired) electrons. The first-order valence-electron chi connectivity index (χ1n) is 8.09. The molecule has 126 valence electrons. The van der Waals surface area contributed by atoms with E-state index in [4.69, 9.17) is 4.74 Å². The fourth-order valence-electron chi connectivity index (χ4n) is 2.47. The molecule has 2 atom stereocenters. The number of benzene rings is 1. The van der Waals surface area contributed by atoms with E-state index in [9.17, 15) is 9.59 Å². The number of hydrogen-bond acceptors (Lipinski definition) is 3. The molecule has 2 N–H and O–H groups in total. The largest absolute Gasteiger partial charge is 0.491 e. The molecular formula is C18H26N2O3. The number of hydrogen-bond donors (Lipinski definition) is 2. The third-order valence-corrected chi connectivity index (χ3v) is 3.92. The quantitative estimate of drug-likeness (QED) is 0.874. The van der Waals surface area contributed by atoms with Gasteiger partial charge < -0.3 is 15.4 Å². The van der Waals surface area contributed by atoms with Crippen LogP contribution in [0.4, 0.5) is 0 Å². The van der Waals surface area contributed by atoms with Crippen molar-refractivity contribution in [3.8, 4) is 5.75 Å². The van der Waals surface area contributed by atoms with Crippen LogP contribution in [-0.4, -0.2) is 30.5 Å². The van der Waals surface area contributed by atoms with Crippen LogP contribution in [0.2, 0.25) is 0 Å². The molecule has 1 aromatic carbocycles. The normalized spacial score (nSPS) is 19.1. The Bertz CT molecular complexity index is 561. The summed E-state index contributed by atoms with van der Waals surface area (Å²) in [6.07, 6.45) is 0.982. The van der Waals surface area contributed by atoms with Gasteiger partial charge in [0, 0.05) is 6.42 Å². The number of amides is 2. The Morgan fingerprint density at radius 1 is 1.35 bits per heavy atom. The third-order valence-electron chi connectivity index (χ3n) is 3.92. The van der Waals surface area contributed by atoms with Crippen molar-refractivity contribution < 1.29 is 14.3 Å². The van der Waals surface area contributed by atoms with Crippen LogP contribution in [0.1, 0.15) is 46.1 Å². The van der Waals surface area contributed by atoms with Gasteiger partial charge in [0.05, 0.1) is 6.04 Å². The summed E-state index contributed by atoms with van der Waals surface area (Å²) in [6, 6.07) is 7.50. The molecule has 0 aliphatic carbocycles. The standard InChI is InChI=1S/C18H26N2O3/c1-12(19-17(22)15-9-10-16(21)20-15)11-23-14-7-5-13(6-8-14)18(2,3)4/h5-8,12,15H,9-11H2,1-4H3,(H,19,22)(H,20,21)/t12-,15-/m0/s1. The summed E-state index contributed by atoms with van der Waals surface area (Å²) in [6.45, 7) is 8.78. The van der Waals surface area contributed by atoms with E-state index in [-0.39, 0.29) is 23.3 Å². The highest BCUT2D eigenvalue weighted by Gasteiger charge is 2.27. The molecule has 0 bridgehead atoms. The van der Waals surface area contributed by atoms with E-state index in [1.54, 1.807) is 0 Å². The third kappa shape index (κ3) is 4.98. The minimum Gasteiger partial charge on any atom is -0.491 e. The van der Waals surface area contributed by atoms with Crippen LogP contribution < -0.4 is 15.4 Å². The molecule has 1 fully saturated rings. The zero-order chi connectivity index (χ0) is 17.0. The van der Waals surface area contributed by atoms with Crippen molar-refractivity contribution in [3.63, 3.8) is 0 Å². The van der Waals surface area contributed by atoms with Gasteiger partial charge in [-0.1, -0.05) is 32.9 Å². The zero-order valence-corrected chi connectivity index (χ0v) is 14.3. The van der Waals surface area contributed by atoms with Gasteiger partial charge in [0.2, 0.25) is 11.8 Å². The second kappa shape index (κ2) is 7.02. The van der Waals surface area contributed by atoms with Crippen LogP contribution in [-0.2, 0) is 15.0 Å². The zero-order valence-electron chi connectivity index (χ0n) is 14.3. The van der Waals surface area contributed by atoms with Crippen molar-refractivity contribution in [1.29, 1.82) is 0 Å². The first-order valence-corrected chi connectivity index (χ1v) is 8.09. The molecule has 1 saturated heterocycles. The molecule has 1 heterocycles. The summed E-state index contributed by atoms with van der Waals surface area (Å²) in [5, 5.41) is 5.53. The van der Waals surface area contributed by atoms with Gasteiger partial charge >= 0.3 is 0 Å². The molecule has 2 amide bonds. The minimum atomic E-state index is -0.406. The highest BCUT2D eigenvalue weighted by molar-refractivity contribution is 5.90. The lowest BCUT2D eigenvalue weighted by molar-refractivity contribution is -0.126. The lowest BCUT2D eigenvalue weighted by Gasteiger charge is -2.20. The van der Waals surface area contributed by atoms with E-state index in [0.717, 1.165) is 5.75 Å². The molecule has 0 spiro atoms. The number of nitrogens with one attached hydrogen (secondary N) is 2. The molecule has 5 nitrogen and oxygen atoms in total. The minimum absolute atomic E-state index is 0.0620. The predicted molar refractivity (Wildman–Crippen MR) is 89.4 cm³/mol. The number of ether oxygens (including phenoxy) is 1. The summed E-state index contributed by atoms with van der Waals surface area (Å²) in [7, 11) is 0. The fraction of sp³-hybridized carbons (Fsp3) is 0.556. The topological polar surface area (TPSA) is 67.4 Å². The van der Waals surface area contributed by atoms with Crippen LogP contribution in [0.3, 0.4) is 0 Å². The summed E-state index contributed by atoms with van der Waals surface area (Å²) >= 11 is 0. The van der Waals surface area contributed by atoms with Gasteiger partial charge in [-0.25, -0.2) is 0 Å². The van der Waals surface area contributed by atoms with Crippen molar-refractivity contribution in [1.82, 2.24) is 10.6 Å². The molecular weight excluding hydrogens is 292 g/mol. The molecule has 1 aliphatic rings. The Balaban J connectivity index is 1.79. The Labute approximate surface area is 137 Å². The maximum atomic E-state index is 12.0. The van der Waals surface area contributed by atoms with Gasteiger partial charge in [0.1, 0.15) is 18.4 Å². The number of carbonyl (C=O) groups excluding carboxylic acids is 2. The van der Waals surface area contributed by atoms with Crippen molar-refractivity contribution in [2.24, 2.45) is 0 Å². The van der Waals surface area contributed by atoms with Crippen LogP contribution in [0, 0.1) is 0 Å². The monoisotopic (exact) mass is 318 g/mol. The van der Waals surface area contributed by atoms with Crippen molar-refractivity contribution in [2.45, 2.75) is 58.0 Å². The average Bonchev–Trinajstić information content (AvgIpc) is 2.91. The first kappa shape index (κ1) is 17.3. The molecule has 0 saturated carbocycles. The lowest BCUT2D eigenvalue weighted by Crippen LogP contribution is -2.46. The van der Waals surface area contributed by atoms with E-state index in [1.165, 1.54) is 5.56 Å². The van der Waals surface area contributed by atoms with Crippen molar-refractivity contribution >= 4 is 11.8 Å². The number of rotatable bonds is 5. The smallest absolute Gasteiger partial charge is 0.242 e. The molecule has 1 aliphatic heterocycles. The van der Waals surface area contributed by atoms with E-state index >= 15 is 0 Å². The Kier molecular flexibility index (Phi) is 5.29. The van der Waals surface area contributed by atoms with E-state index in [0.29, 0.717) is 19.4 Å². The van der Waals surface area contributed by atoms with E-state index in [1.807, 2.05) is 19.1 Å². The maximum absolute atomic E-state index is 12.0. The van der Waals surface area contributed by atoms with Crippen molar-refractivity contribution in [3.05, 3.63) is 29.8 Å². The highest BCUT2D eigenvalue weighted by atomic mass is 16.5. The van der Waals surface area contributed by atoms with Gasteiger partial charge in [-0.15, -0.1) is 0 Å². The summed E-state index contributed by atoms with van der Waals surface area (Å²) in [5.74, 6) is 0.580. The summed E-state index contributed by atoms with van der Waals surface area (Å²) < 4.78 is 5.72. The van der Waals surface area contributed by atoms with Gasteiger partial charge in [0.15, 0.2) is 0 Å². The Morgan fingerprint density at radius 3 is 2.52 bits per heavy atom. The van der Waals surface area contributed by atoms with E-state index in [2.05, 4.69) is 43.5 Å². The van der Waals surface area contributed by atoms with Gasteiger partial charge in [-0.05, 0) is 36.5 Å². The Hall–Kier alpha value is -2.04. The number of carbonyl (C=O) groups is 2. The average molecular weight is 318 g/mol. The summed E-state index contributed by atoms with van der Waals surface area (Å²) in [5.41, 5.74) is 1.37. The second-order valence-corrected chi connectivity index (χ2v) is 7.15. The van der Waals surface area contributed by atoms with Crippen molar-refractivity contribution in [2.75, 3.05) is 6.61 Å². The van der Waals surface area contributed by atoms with Crippen LogP contribution in [0.5, 0.6) is 5.75 Å². The van der Waals surface area contributed by atoms with Gasteiger partial charge in [-0.3, -0.25) is 9.59 Å².